The molecule has 1 aliphatic carbocycles. The van der Waals surface area contributed by atoms with Gasteiger partial charge in [-0.1, -0.05) is 29.8 Å². The van der Waals surface area contributed by atoms with Crippen molar-refractivity contribution in [1.82, 2.24) is 4.90 Å². The fourth-order valence-electron chi connectivity index (χ4n) is 1.99. The van der Waals surface area contributed by atoms with Gasteiger partial charge in [0, 0.05) is 25.0 Å². The zero-order valence-electron chi connectivity index (χ0n) is 10.5. The number of hydrogen-bond acceptors (Lipinski definition) is 2. The Morgan fingerprint density at radius 3 is 2.67 bits per heavy atom. The highest BCUT2D eigenvalue weighted by molar-refractivity contribution is 7.80. The molecule has 0 bridgehead atoms. The number of benzene rings is 1. The highest BCUT2D eigenvalue weighted by Gasteiger charge is 2.43. The summed E-state index contributed by atoms with van der Waals surface area (Å²) in [5, 5.41) is 0.715. The van der Waals surface area contributed by atoms with Gasteiger partial charge in [0.2, 0.25) is 5.91 Å². The van der Waals surface area contributed by atoms with Crippen LogP contribution in [0.4, 0.5) is 0 Å². The Hall–Kier alpha value is -0.670. The number of nitrogens with zero attached hydrogens (tertiary/aromatic N) is 1. The summed E-state index contributed by atoms with van der Waals surface area (Å²) in [5.41, 5.74) is 1.17. The quantitative estimate of drug-likeness (QED) is 0.821. The second kappa shape index (κ2) is 5.54. The van der Waals surface area contributed by atoms with E-state index < -0.39 is 0 Å². The first-order valence-electron chi connectivity index (χ1n) is 6.15. The van der Waals surface area contributed by atoms with Crippen molar-refractivity contribution in [3.05, 3.63) is 34.9 Å². The minimum atomic E-state index is 0.176. The maximum absolute atomic E-state index is 12.1. The average Bonchev–Trinajstić information content (AvgIpc) is 3.12. The van der Waals surface area contributed by atoms with E-state index in [1.165, 1.54) is 0 Å². The molecule has 0 atom stereocenters. The summed E-state index contributed by atoms with van der Waals surface area (Å²) in [6.45, 7) is 0.571. The molecule has 1 amide bonds. The van der Waals surface area contributed by atoms with Crippen LogP contribution in [-0.2, 0) is 11.3 Å². The zero-order valence-corrected chi connectivity index (χ0v) is 12.2. The Morgan fingerprint density at radius 1 is 1.44 bits per heavy atom. The number of rotatable bonds is 5. The Morgan fingerprint density at radius 2 is 2.11 bits per heavy atom. The molecule has 18 heavy (non-hydrogen) atoms. The molecule has 2 nitrogen and oxygen atoms in total. The lowest BCUT2D eigenvalue weighted by molar-refractivity contribution is -0.131. The SMILES string of the molecule is CN(Cc1ccccc1Cl)C(=O)CC1(CS)CC1. The lowest BCUT2D eigenvalue weighted by Gasteiger charge is -2.20. The van der Waals surface area contributed by atoms with Crippen molar-refractivity contribution < 1.29 is 4.79 Å². The first-order chi connectivity index (χ1) is 8.56. The van der Waals surface area contributed by atoms with E-state index in [2.05, 4.69) is 12.6 Å². The highest BCUT2D eigenvalue weighted by Crippen LogP contribution is 2.49. The molecular formula is C14H18ClNOS. The van der Waals surface area contributed by atoms with Crippen LogP contribution in [0.5, 0.6) is 0 Å². The molecule has 0 radical (unpaired) electrons. The summed E-state index contributed by atoms with van der Waals surface area (Å²) in [5.74, 6) is 0.986. The smallest absolute Gasteiger partial charge is 0.223 e. The van der Waals surface area contributed by atoms with Gasteiger partial charge in [0.05, 0.1) is 0 Å². The molecule has 0 aromatic heterocycles. The molecule has 4 heteroatoms. The minimum absolute atomic E-state index is 0.176. The second-order valence-electron chi connectivity index (χ2n) is 5.18. The molecule has 0 N–H and O–H groups in total. The van der Waals surface area contributed by atoms with E-state index >= 15 is 0 Å². The van der Waals surface area contributed by atoms with E-state index in [4.69, 9.17) is 11.6 Å². The van der Waals surface area contributed by atoms with Gasteiger partial charge >= 0.3 is 0 Å². The van der Waals surface area contributed by atoms with Crippen molar-refractivity contribution >= 4 is 30.1 Å². The zero-order chi connectivity index (χ0) is 13.2. The molecule has 2 rings (SSSR count). The van der Waals surface area contributed by atoms with E-state index in [-0.39, 0.29) is 11.3 Å². The topological polar surface area (TPSA) is 20.3 Å². The Bertz CT molecular complexity index is 445. The lowest BCUT2D eigenvalue weighted by Crippen LogP contribution is -2.29. The predicted octanol–water partition coefficient (Wildman–Crippen LogP) is 3.40. The van der Waals surface area contributed by atoms with Crippen LogP contribution in [0.2, 0.25) is 5.02 Å². The first kappa shape index (κ1) is 13.8. The summed E-state index contributed by atoms with van der Waals surface area (Å²) >= 11 is 10.4. The molecule has 1 fully saturated rings. The summed E-state index contributed by atoms with van der Waals surface area (Å²) in [7, 11) is 1.83. The number of hydrogen-bond donors (Lipinski definition) is 1. The first-order valence-corrected chi connectivity index (χ1v) is 7.16. The summed E-state index contributed by atoms with van der Waals surface area (Å²) in [6, 6.07) is 7.65. The van der Waals surface area contributed by atoms with Crippen LogP contribution in [0.25, 0.3) is 0 Å². The maximum Gasteiger partial charge on any atom is 0.223 e. The summed E-state index contributed by atoms with van der Waals surface area (Å²) in [4.78, 5) is 13.9. The van der Waals surface area contributed by atoms with E-state index in [1.54, 1.807) is 4.90 Å². The number of carbonyl (C=O) groups excluding carboxylic acids is 1. The van der Waals surface area contributed by atoms with Crippen LogP contribution in [0.3, 0.4) is 0 Å². The van der Waals surface area contributed by atoms with Gasteiger partial charge in [-0.05, 0) is 35.6 Å². The fourth-order valence-corrected chi connectivity index (χ4v) is 2.62. The highest BCUT2D eigenvalue weighted by atomic mass is 35.5. The van der Waals surface area contributed by atoms with Gasteiger partial charge in [-0.2, -0.15) is 12.6 Å². The Kier molecular flexibility index (Phi) is 4.23. The van der Waals surface area contributed by atoms with Gasteiger partial charge < -0.3 is 4.90 Å². The van der Waals surface area contributed by atoms with E-state index in [1.807, 2.05) is 31.3 Å². The largest absolute Gasteiger partial charge is 0.341 e. The number of carbonyl (C=O) groups is 1. The molecule has 1 aliphatic rings. The molecule has 0 spiro atoms. The normalized spacial score (nSPS) is 16.4. The van der Waals surface area contributed by atoms with Crippen molar-refractivity contribution in [3.8, 4) is 0 Å². The predicted molar refractivity (Wildman–Crippen MR) is 78.1 cm³/mol. The second-order valence-corrected chi connectivity index (χ2v) is 5.90. The average molecular weight is 284 g/mol. The van der Waals surface area contributed by atoms with Crippen LogP contribution in [0.1, 0.15) is 24.8 Å². The van der Waals surface area contributed by atoms with Crippen LogP contribution in [-0.4, -0.2) is 23.6 Å². The van der Waals surface area contributed by atoms with E-state index in [9.17, 15) is 4.79 Å². The van der Waals surface area contributed by atoms with Gasteiger partial charge in [-0.3, -0.25) is 4.79 Å². The van der Waals surface area contributed by atoms with Crippen molar-refractivity contribution in [2.24, 2.45) is 5.41 Å². The molecule has 1 aromatic carbocycles. The third-order valence-corrected chi connectivity index (χ3v) is 4.65. The van der Waals surface area contributed by atoms with Gasteiger partial charge in [0.25, 0.3) is 0 Å². The molecule has 0 unspecified atom stereocenters. The Labute approximate surface area is 119 Å². The Balaban J connectivity index is 1.94. The third kappa shape index (κ3) is 3.21. The monoisotopic (exact) mass is 283 g/mol. The van der Waals surface area contributed by atoms with Gasteiger partial charge in [0.1, 0.15) is 0 Å². The van der Waals surface area contributed by atoms with Gasteiger partial charge in [-0.15, -0.1) is 0 Å². The number of amides is 1. The summed E-state index contributed by atoms with van der Waals surface area (Å²) in [6.07, 6.45) is 2.86. The lowest BCUT2D eigenvalue weighted by atomic mass is 10.0. The third-order valence-electron chi connectivity index (χ3n) is 3.61. The minimum Gasteiger partial charge on any atom is -0.341 e. The van der Waals surface area contributed by atoms with E-state index in [0.717, 1.165) is 24.2 Å². The fraction of sp³-hybridized carbons (Fsp3) is 0.500. The summed E-state index contributed by atoms with van der Waals surface area (Å²) < 4.78 is 0. The van der Waals surface area contributed by atoms with Gasteiger partial charge in [0.15, 0.2) is 0 Å². The molecule has 0 heterocycles. The molecule has 1 saturated carbocycles. The standard InChI is InChI=1S/C14H18ClNOS/c1-16(9-11-4-2-3-5-12(11)15)13(17)8-14(10-18)6-7-14/h2-5,18H,6-10H2,1H3. The van der Waals surface area contributed by atoms with Crippen LogP contribution < -0.4 is 0 Å². The molecule has 0 saturated heterocycles. The van der Waals surface area contributed by atoms with E-state index in [0.29, 0.717) is 18.0 Å². The van der Waals surface area contributed by atoms with Crippen LogP contribution in [0.15, 0.2) is 24.3 Å². The molecule has 0 aliphatic heterocycles. The van der Waals surface area contributed by atoms with Crippen molar-refractivity contribution in [2.45, 2.75) is 25.8 Å². The molecule has 98 valence electrons. The molecule has 1 aromatic rings. The van der Waals surface area contributed by atoms with Crippen molar-refractivity contribution in [3.63, 3.8) is 0 Å². The number of thiol groups is 1. The van der Waals surface area contributed by atoms with Crippen molar-refractivity contribution in [1.29, 1.82) is 0 Å². The molecular weight excluding hydrogens is 266 g/mol. The van der Waals surface area contributed by atoms with Crippen molar-refractivity contribution in [2.75, 3.05) is 12.8 Å². The maximum atomic E-state index is 12.1. The van der Waals surface area contributed by atoms with Gasteiger partial charge in [-0.25, -0.2) is 0 Å². The number of halogens is 1. The van der Waals surface area contributed by atoms with Crippen LogP contribution in [0, 0.1) is 5.41 Å². The van der Waals surface area contributed by atoms with Crippen LogP contribution >= 0.6 is 24.2 Å².